The molecule has 0 bridgehead atoms. The van der Waals surface area contributed by atoms with Crippen molar-refractivity contribution >= 4 is 15.9 Å². The van der Waals surface area contributed by atoms with Gasteiger partial charge in [0, 0.05) is 12.4 Å². The van der Waals surface area contributed by atoms with Gasteiger partial charge in [0.2, 0.25) is 5.89 Å². The van der Waals surface area contributed by atoms with E-state index in [4.69, 9.17) is 4.42 Å². The van der Waals surface area contributed by atoms with E-state index < -0.39 is 12.3 Å². The maximum atomic E-state index is 12.4. The van der Waals surface area contributed by atoms with E-state index in [1.807, 2.05) is 10.8 Å². The van der Waals surface area contributed by atoms with Gasteiger partial charge in [-0.3, -0.25) is 4.98 Å². The molecule has 0 spiro atoms. The van der Waals surface area contributed by atoms with Crippen LogP contribution in [0.2, 0.25) is 0 Å². The fourth-order valence-corrected chi connectivity index (χ4v) is 2.04. The van der Waals surface area contributed by atoms with Crippen LogP contribution in [0.4, 0.5) is 8.78 Å². The van der Waals surface area contributed by atoms with Crippen LogP contribution in [-0.2, 0) is 6.54 Å². The highest BCUT2D eigenvalue weighted by atomic mass is 79.9. The second kappa shape index (κ2) is 5.68. The minimum atomic E-state index is -2.78. The summed E-state index contributed by atoms with van der Waals surface area (Å²) in [6.07, 6.45) is 2.22. The summed E-state index contributed by atoms with van der Waals surface area (Å²) >= 11 is 3.26. The van der Waals surface area contributed by atoms with Crippen LogP contribution in [0.5, 0.6) is 0 Å². The summed E-state index contributed by atoms with van der Waals surface area (Å²) in [5.41, 5.74) is 1.28. The first-order chi connectivity index (χ1) is 10.1. The maximum Gasteiger partial charge on any atom is 0.314 e. The summed E-state index contributed by atoms with van der Waals surface area (Å²) in [5, 5.41) is 6.84. The van der Waals surface area contributed by atoms with Crippen LogP contribution in [0.15, 0.2) is 39.9 Å². The van der Waals surface area contributed by atoms with Crippen molar-refractivity contribution < 1.29 is 13.2 Å². The van der Waals surface area contributed by atoms with Gasteiger partial charge in [0.25, 0.3) is 5.89 Å². The molecular formula is C12H8BrF2N5O. The number of pyridine rings is 1. The quantitative estimate of drug-likeness (QED) is 0.719. The fraction of sp³-hybridized carbons (Fsp3) is 0.167. The molecule has 0 unspecified atom stereocenters. The molecule has 0 fully saturated rings. The van der Waals surface area contributed by atoms with Crippen LogP contribution in [0, 0.1) is 0 Å². The molecule has 0 amide bonds. The van der Waals surface area contributed by atoms with Crippen molar-refractivity contribution in [3.05, 3.63) is 47.0 Å². The molecule has 0 N–H and O–H groups in total. The van der Waals surface area contributed by atoms with Crippen LogP contribution in [0.1, 0.15) is 18.0 Å². The minimum absolute atomic E-state index is 0.0229. The molecule has 0 aliphatic rings. The number of alkyl halides is 2. The third kappa shape index (κ3) is 3.13. The summed E-state index contributed by atoms with van der Waals surface area (Å²) < 4.78 is 32.2. The minimum Gasteiger partial charge on any atom is -0.415 e. The van der Waals surface area contributed by atoms with Crippen molar-refractivity contribution in [2.45, 2.75) is 13.0 Å². The SMILES string of the molecule is FC(F)c1nnc(-c2ccc(Cn3cnc(Br)c3)nc2)o1. The molecule has 6 nitrogen and oxygen atoms in total. The van der Waals surface area contributed by atoms with E-state index in [1.165, 1.54) is 6.20 Å². The number of nitrogens with zero attached hydrogens (tertiary/aromatic N) is 5. The Morgan fingerprint density at radius 2 is 2.10 bits per heavy atom. The number of halogens is 3. The number of imidazole rings is 1. The van der Waals surface area contributed by atoms with Gasteiger partial charge in [-0.25, -0.2) is 4.98 Å². The lowest BCUT2D eigenvalue weighted by molar-refractivity contribution is 0.116. The first kappa shape index (κ1) is 13.8. The van der Waals surface area contributed by atoms with Crippen molar-refractivity contribution in [3.8, 4) is 11.5 Å². The normalized spacial score (nSPS) is 11.2. The van der Waals surface area contributed by atoms with Gasteiger partial charge in [0.1, 0.15) is 4.60 Å². The van der Waals surface area contributed by atoms with Crippen molar-refractivity contribution in [1.82, 2.24) is 24.7 Å². The monoisotopic (exact) mass is 355 g/mol. The summed E-state index contributed by atoms with van der Waals surface area (Å²) in [7, 11) is 0. The van der Waals surface area contributed by atoms with E-state index in [2.05, 4.69) is 36.1 Å². The smallest absolute Gasteiger partial charge is 0.314 e. The molecule has 0 aliphatic carbocycles. The Balaban J connectivity index is 1.76. The zero-order chi connectivity index (χ0) is 14.8. The molecule has 0 aliphatic heterocycles. The standard InChI is InChI=1S/C12H8BrF2N5O/c13-9-5-20(6-17-9)4-8-2-1-7(3-16-8)11-18-19-12(21-11)10(14)15/h1-3,5-6,10H,4H2. The van der Waals surface area contributed by atoms with Gasteiger partial charge >= 0.3 is 6.43 Å². The number of aromatic nitrogens is 5. The second-order valence-corrected chi connectivity index (χ2v) is 4.97. The van der Waals surface area contributed by atoms with Gasteiger partial charge in [-0.2, -0.15) is 8.78 Å². The van der Waals surface area contributed by atoms with Crippen molar-refractivity contribution in [2.24, 2.45) is 0 Å². The highest BCUT2D eigenvalue weighted by molar-refractivity contribution is 9.10. The van der Waals surface area contributed by atoms with Gasteiger partial charge in [0.05, 0.1) is 24.1 Å². The largest absolute Gasteiger partial charge is 0.415 e. The molecule has 0 saturated carbocycles. The second-order valence-electron chi connectivity index (χ2n) is 4.15. The lowest BCUT2D eigenvalue weighted by Crippen LogP contribution is -1.98. The third-order valence-corrected chi connectivity index (χ3v) is 3.05. The van der Waals surface area contributed by atoms with E-state index in [1.54, 1.807) is 18.5 Å². The molecule has 3 rings (SSSR count). The highest BCUT2D eigenvalue weighted by Crippen LogP contribution is 2.22. The molecule has 0 atom stereocenters. The first-order valence-corrected chi connectivity index (χ1v) is 6.65. The summed E-state index contributed by atoms with van der Waals surface area (Å²) in [6.45, 7) is 0.547. The fourth-order valence-electron chi connectivity index (χ4n) is 1.69. The summed E-state index contributed by atoms with van der Waals surface area (Å²) in [6, 6.07) is 3.45. The lowest BCUT2D eigenvalue weighted by Gasteiger charge is -2.02. The molecule has 0 aromatic carbocycles. The Morgan fingerprint density at radius 3 is 2.67 bits per heavy atom. The molecule has 0 saturated heterocycles. The predicted molar refractivity (Wildman–Crippen MR) is 71.5 cm³/mol. The molecule has 3 heterocycles. The van der Waals surface area contributed by atoms with Crippen molar-refractivity contribution in [1.29, 1.82) is 0 Å². The van der Waals surface area contributed by atoms with Crippen LogP contribution in [-0.4, -0.2) is 24.7 Å². The van der Waals surface area contributed by atoms with Gasteiger partial charge in [-0.1, -0.05) is 0 Å². The maximum absolute atomic E-state index is 12.4. The Labute approximate surface area is 126 Å². The van der Waals surface area contributed by atoms with E-state index in [0.717, 1.165) is 10.3 Å². The van der Waals surface area contributed by atoms with Gasteiger partial charge < -0.3 is 8.98 Å². The number of hydrogen-bond donors (Lipinski definition) is 0. The summed E-state index contributed by atoms with van der Waals surface area (Å²) in [5.74, 6) is -0.674. The zero-order valence-electron chi connectivity index (χ0n) is 10.4. The molecule has 3 aromatic heterocycles. The molecule has 9 heteroatoms. The topological polar surface area (TPSA) is 69.6 Å². The van der Waals surface area contributed by atoms with Crippen molar-refractivity contribution in [3.63, 3.8) is 0 Å². The van der Waals surface area contributed by atoms with Gasteiger partial charge in [-0.15, -0.1) is 10.2 Å². The predicted octanol–water partition coefficient (Wildman–Crippen LogP) is 3.08. The van der Waals surface area contributed by atoms with Gasteiger partial charge in [0.15, 0.2) is 0 Å². The lowest BCUT2D eigenvalue weighted by atomic mass is 10.2. The Morgan fingerprint density at radius 1 is 1.24 bits per heavy atom. The van der Waals surface area contributed by atoms with E-state index in [-0.39, 0.29) is 5.89 Å². The van der Waals surface area contributed by atoms with Crippen LogP contribution < -0.4 is 0 Å². The van der Waals surface area contributed by atoms with Crippen LogP contribution >= 0.6 is 15.9 Å². The Hall–Kier alpha value is -2.16. The van der Waals surface area contributed by atoms with E-state index >= 15 is 0 Å². The average molecular weight is 356 g/mol. The average Bonchev–Trinajstić information content (AvgIpc) is 3.09. The van der Waals surface area contributed by atoms with Crippen LogP contribution in [0.25, 0.3) is 11.5 Å². The molecule has 0 radical (unpaired) electrons. The number of rotatable bonds is 4. The van der Waals surface area contributed by atoms with Gasteiger partial charge in [-0.05, 0) is 28.1 Å². The molecule has 108 valence electrons. The first-order valence-electron chi connectivity index (χ1n) is 5.86. The summed E-state index contributed by atoms with van der Waals surface area (Å²) in [4.78, 5) is 8.28. The van der Waals surface area contributed by atoms with E-state index in [0.29, 0.717) is 12.1 Å². The Bertz CT molecular complexity index is 740. The van der Waals surface area contributed by atoms with Crippen LogP contribution in [0.3, 0.4) is 0 Å². The van der Waals surface area contributed by atoms with E-state index in [9.17, 15) is 8.78 Å². The highest BCUT2D eigenvalue weighted by Gasteiger charge is 2.17. The molecule has 3 aromatic rings. The number of hydrogen-bond acceptors (Lipinski definition) is 5. The molecular weight excluding hydrogens is 348 g/mol. The Kier molecular flexibility index (Phi) is 3.74. The zero-order valence-corrected chi connectivity index (χ0v) is 12.0. The van der Waals surface area contributed by atoms with Crippen molar-refractivity contribution in [2.75, 3.05) is 0 Å². The third-order valence-electron chi connectivity index (χ3n) is 2.65. The molecule has 21 heavy (non-hydrogen) atoms.